The summed E-state index contributed by atoms with van der Waals surface area (Å²) in [4.78, 5) is 12.3. The van der Waals surface area contributed by atoms with Crippen LogP contribution in [0.5, 0.6) is 5.75 Å². The molecule has 3 heterocycles. The van der Waals surface area contributed by atoms with Gasteiger partial charge in [-0.1, -0.05) is 18.2 Å². The molecule has 0 aliphatic carbocycles. The molecule has 1 aromatic carbocycles. The van der Waals surface area contributed by atoms with Crippen LogP contribution in [0.25, 0.3) is 0 Å². The summed E-state index contributed by atoms with van der Waals surface area (Å²) in [5.74, 6) is 1.89. The van der Waals surface area contributed by atoms with Gasteiger partial charge in [-0.2, -0.15) is 0 Å². The summed E-state index contributed by atoms with van der Waals surface area (Å²) < 4.78 is 5.48. The predicted octanol–water partition coefficient (Wildman–Crippen LogP) is 1.71. The fourth-order valence-corrected chi connectivity index (χ4v) is 3.72. The number of nitrogens with one attached hydrogen (secondary N) is 1. The lowest BCUT2D eigenvalue weighted by atomic mass is 10.1. The van der Waals surface area contributed by atoms with Crippen molar-refractivity contribution < 1.29 is 4.74 Å². The molecule has 3 aliphatic rings. The third-order valence-corrected chi connectivity index (χ3v) is 5.14. The van der Waals surface area contributed by atoms with Gasteiger partial charge in [0.1, 0.15) is 5.75 Å². The molecule has 3 aliphatic heterocycles. The summed E-state index contributed by atoms with van der Waals surface area (Å²) >= 11 is 0. The molecule has 1 atom stereocenters. The van der Waals surface area contributed by atoms with Crippen LogP contribution in [0.4, 0.5) is 0 Å². The molecule has 2 bridgehead atoms. The zero-order valence-corrected chi connectivity index (χ0v) is 18.5. The number of fused-ring (bicyclic) bond motifs is 3. The molecular formula is C19H32IN5O. The summed E-state index contributed by atoms with van der Waals surface area (Å²) in [6.07, 6.45) is 0. The van der Waals surface area contributed by atoms with Gasteiger partial charge in [0.05, 0.1) is 13.7 Å². The van der Waals surface area contributed by atoms with Gasteiger partial charge in [-0.3, -0.25) is 14.8 Å². The first-order chi connectivity index (χ1) is 12.2. The van der Waals surface area contributed by atoms with Crippen molar-refractivity contribution in [2.75, 3.05) is 60.0 Å². The van der Waals surface area contributed by atoms with Crippen LogP contribution in [0.2, 0.25) is 0 Å². The Hall–Kier alpha value is -1.06. The van der Waals surface area contributed by atoms with Crippen molar-refractivity contribution in [3.63, 3.8) is 0 Å². The van der Waals surface area contributed by atoms with Gasteiger partial charge in [-0.15, -0.1) is 24.0 Å². The summed E-state index contributed by atoms with van der Waals surface area (Å²) in [6, 6.07) is 8.72. The highest BCUT2D eigenvalue weighted by molar-refractivity contribution is 14.0. The number of nitrogens with zero attached hydrogens (tertiary/aromatic N) is 4. The van der Waals surface area contributed by atoms with Crippen LogP contribution >= 0.6 is 24.0 Å². The van der Waals surface area contributed by atoms with E-state index in [1.54, 1.807) is 7.11 Å². The number of para-hydroxylation sites is 1. The quantitative estimate of drug-likeness (QED) is 0.387. The average molecular weight is 473 g/mol. The summed E-state index contributed by atoms with van der Waals surface area (Å²) in [6.45, 7) is 10.6. The van der Waals surface area contributed by atoms with Gasteiger partial charge in [0.2, 0.25) is 0 Å². The molecule has 0 aromatic heterocycles. The van der Waals surface area contributed by atoms with Gasteiger partial charge >= 0.3 is 0 Å². The molecule has 4 rings (SSSR count). The highest BCUT2D eigenvalue weighted by Crippen LogP contribution is 2.19. The van der Waals surface area contributed by atoms with E-state index in [9.17, 15) is 0 Å². The smallest absolute Gasteiger partial charge is 0.194 e. The second kappa shape index (κ2) is 10.3. The van der Waals surface area contributed by atoms with Gasteiger partial charge in [0.25, 0.3) is 0 Å². The lowest BCUT2D eigenvalue weighted by Crippen LogP contribution is -2.62. The maximum atomic E-state index is 5.48. The third kappa shape index (κ3) is 5.23. The number of piperazine rings is 3. The minimum absolute atomic E-state index is 0. The molecule has 7 heteroatoms. The van der Waals surface area contributed by atoms with Crippen molar-refractivity contribution in [1.82, 2.24) is 20.0 Å². The average Bonchev–Trinajstić information content (AvgIpc) is 2.66. The standard InChI is InChI=1S/C19H31N5O.HI/c1-4-20-19(21-13-17-15-23-9-11-24(17)12-10-23)22(2)14-16-7-5-6-8-18(16)25-3;/h5-8,17H,4,9-15H2,1-3H3,(H,20,21);1H. The van der Waals surface area contributed by atoms with Crippen molar-refractivity contribution >= 4 is 29.9 Å². The highest BCUT2D eigenvalue weighted by atomic mass is 127. The predicted molar refractivity (Wildman–Crippen MR) is 118 cm³/mol. The van der Waals surface area contributed by atoms with Crippen LogP contribution < -0.4 is 10.1 Å². The Labute approximate surface area is 174 Å². The zero-order chi connectivity index (χ0) is 17.6. The van der Waals surface area contributed by atoms with Crippen LogP contribution in [-0.4, -0.2) is 86.7 Å². The molecule has 1 aromatic rings. The number of rotatable bonds is 6. The van der Waals surface area contributed by atoms with Crippen LogP contribution in [0.15, 0.2) is 29.3 Å². The normalized spacial score (nSPS) is 24.7. The van der Waals surface area contributed by atoms with Crippen LogP contribution in [0.3, 0.4) is 0 Å². The Balaban J connectivity index is 0.00000243. The second-order valence-electron chi connectivity index (χ2n) is 6.85. The first-order valence-electron chi connectivity index (χ1n) is 9.29. The molecule has 1 N–H and O–H groups in total. The summed E-state index contributed by atoms with van der Waals surface area (Å²) in [7, 11) is 3.81. The van der Waals surface area contributed by atoms with Crippen LogP contribution in [0.1, 0.15) is 12.5 Å². The van der Waals surface area contributed by atoms with E-state index in [1.807, 2.05) is 12.1 Å². The number of benzene rings is 1. The Morgan fingerprint density at radius 3 is 2.62 bits per heavy atom. The fourth-order valence-electron chi connectivity index (χ4n) is 3.72. The van der Waals surface area contributed by atoms with E-state index >= 15 is 0 Å². The first-order valence-corrected chi connectivity index (χ1v) is 9.29. The van der Waals surface area contributed by atoms with E-state index in [-0.39, 0.29) is 24.0 Å². The number of halogens is 1. The Bertz CT molecular complexity index is 589. The van der Waals surface area contributed by atoms with Gasteiger partial charge in [-0.25, -0.2) is 0 Å². The van der Waals surface area contributed by atoms with Crippen LogP contribution in [-0.2, 0) is 6.54 Å². The largest absolute Gasteiger partial charge is 0.496 e. The topological polar surface area (TPSA) is 43.3 Å². The van der Waals surface area contributed by atoms with Crippen LogP contribution in [0, 0.1) is 0 Å². The van der Waals surface area contributed by atoms with Crippen molar-refractivity contribution in [3.8, 4) is 5.75 Å². The van der Waals surface area contributed by atoms with E-state index in [1.165, 1.54) is 31.7 Å². The maximum Gasteiger partial charge on any atom is 0.194 e. The lowest BCUT2D eigenvalue weighted by molar-refractivity contribution is 0.0173. The molecular weight excluding hydrogens is 441 g/mol. The molecule has 0 saturated carbocycles. The minimum atomic E-state index is 0. The maximum absolute atomic E-state index is 5.48. The number of methoxy groups -OCH3 is 1. The van der Waals surface area contributed by atoms with E-state index < -0.39 is 0 Å². The Kier molecular flexibility index (Phi) is 8.43. The fraction of sp³-hybridized carbons (Fsp3) is 0.632. The highest BCUT2D eigenvalue weighted by Gasteiger charge is 2.31. The SMILES string of the molecule is CCNC(=NCC1CN2CCN1CC2)N(C)Cc1ccccc1OC.I. The molecule has 3 saturated heterocycles. The molecule has 26 heavy (non-hydrogen) atoms. The van der Waals surface area contributed by atoms with Gasteiger partial charge in [0, 0.05) is 64.5 Å². The molecule has 146 valence electrons. The molecule has 0 spiro atoms. The van der Waals surface area contributed by atoms with Crippen molar-refractivity contribution in [2.45, 2.75) is 19.5 Å². The van der Waals surface area contributed by atoms with Gasteiger partial charge in [-0.05, 0) is 13.0 Å². The van der Waals surface area contributed by atoms with Gasteiger partial charge < -0.3 is 15.0 Å². The first kappa shape index (κ1) is 21.2. The number of guanidine groups is 1. The van der Waals surface area contributed by atoms with E-state index in [0.29, 0.717) is 6.04 Å². The number of hydrogen-bond donors (Lipinski definition) is 1. The minimum Gasteiger partial charge on any atom is -0.496 e. The monoisotopic (exact) mass is 473 g/mol. The Morgan fingerprint density at radius 1 is 1.27 bits per heavy atom. The number of hydrogen-bond acceptors (Lipinski definition) is 4. The second-order valence-corrected chi connectivity index (χ2v) is 6.85. The van der Waals surface area contributed by atoms with E-state index in [4.69, 9.17) is 9.73 Å². The van der Waals surface area contributed by atoms with Crippen molar-refractivity contribution in [2.24, 2.45) is 4.99 Å². The lowest BCUT2D eigenvalue weighted by Gasteiger charge is -2.47. The van der Waals surface area contributed by atoms with Crippen molar-refractivity contribution in [1.29, 1.82) is 0 Å². The summed E-state index contributed by atoms with van der Waals surface area (Å²) in [5.41, 5.74) is 1.17. The zero-order valence-electron chi connectivity index (χ0n) is 16.1. The Morgan fingerprint density at radius 2 is 2.00 bits per heavy atom. The number of aliphatic imine (C=N–C) groups is 1. The van der Waals surface area contributed by atoms with E-state index in [0.717, 1.165) is 37.9 Å². The summed E-state index contributed by atoms with van der Waals surface area (Å²) in [5, 5.41) is 3.43. The number of ether oxygens (including phenoxy) is 1. The van der Waals surface area contributed by atoms with Crippen molar-refractivity contribution in [3.05, 3.63) is 29.8 Å². The van der Waals surface area contributed by atoms with E-state index in [2.05, 4.69) is 46.1 Å². The molecule has 6 nitrogen and oxygen atoms in total. The van der Waals surface area contributed by atoms with Gasteiger partial charge in [0.15, 0.2) is 5.96 Å². The molecule has 0 amide bonds. The molecule has 1 unspecified atom stereocenters. The molecule has 0 radical (unpaired) electrons. The molecule has 3 fully saturated rings. The third-order valence-electron chi connectivity index (χ3n) is 5.14.